The number of amides is 4. The molecule has 2 aliphatic heterocycles. The van der Waals surface area contributed by atoms with Gasteiger partial charge in [-0.25, -0.2) is 0 Å². The highest BCUT2D eigenvalue weighted by Crippen LogP contribution is 2.46. The van der Waals surface area contributed by atoms with Crippen LogP contribution in [0, 0.1) is 11.8 Å². The maximum atomic E-state index is 13.9. The van der Waals surface area contributed by atoms with Crippen LogP contribution in [0.15, 0.2) is 48.5 Å². The van der Waals surface area contributed by atoms with Gasteiger partial charge in [-0.15, -0.1) is 0 Å². The number of ether oxygens (including phenoxy) is 2. The van der Waals surface area contributed by atoms with Crippen LogP contribution in [-0.2, 0) is 9.47 Å². The van der Waals surface area contributed by atoms with Gasteiger partial charge in [0.05, 0.1) is 24.9 Å². The Morgan fingerprint density at radius 2 is 1.13 bits per heavy atom. The van der Waals surface area contributed by atoms with Crippen LogP contribution in [-0.4, -0.2) is 83.2 Å². The van der Waals surface area contributed by atoms with Crippen molar-refractivity contribution in [2.24, 2.45) is 11.8 Å². The molecule has 292 valence electrons. The lowest BCUT2D eigenvalue weighted by Gasteiger charge is -2.33. The van der Waals surface area contributed by atoms with Crippen LogP contribution in [0.1, 0.15) is 129 Å². The van der Waals surface area contributed by atoms with E-state index in [4.69, 9.17) is 9.47 Å². The summed E-state index contributed by atoms with van der Waals surface area (Å²) in [6, 6.07) is 15.1. The van der Waals surface area contributed by atoms with Gasteiger partial charge in [-0.3, -0.25) is 29.0 Å². The molecular weight excluding hydrogens is 693 g/mol. The number of carbonyl (C=O) groups is 4. The Hall–Kier alpha value is -4.44. The van der Waals surface area contributed by atoms with Crippen molar-refractivity contribution in [2.75, 3.05) is 26.9 Å². The Morgan fingerprint density at radius 1 is 0.673 bits per heavy atom. The van der Waals surface area contributed by atoms with Crippen molar-refractivity contribution in [1.82, 2.24) is 9.80 Å². The molecule has 0 saturated heterocycles. The summed E-state index contributed by atoms with van der Waals surface area (Å²) < 4.78 is 10.2. The number of aliphatic hydroxyl groups is 1. The lowest BCUT2D eigenvalue weighted by atomic mass is 9.82. The second-order valence-corrected chi connectivity index (χ2v) is 16.4. The van der Waals surface area contributed by atoms with Gasteiger partial charge in [0.2, 0.25) is 0 Å². The van der Waals surface area contributed by atoms with Gasteiger partial charge in [0.25, 0.3) is 23.6 Å². The van der Waals surface area contributed by atoms with Gasteiger partial charge >= 0.3 is 0 Å². The van der Waals surface area contributed by atoms with E-state index in [-0.39, 0.29) is 35.6 Å². The number of rotatable bonds is 14. The Bertz CT molecular complexity index is 2150. The van der Waals surface area contributed by atoms with E-state index >= 15 is 0 Å². The maximum absolute atomic E-state index is 13.9. The number of nitrogens with zero attached hydrogens (tertiary/aromatic N) is 2. The van der Waals surface area contributed by atoms with Crippen LogP contribution < -0.4 is 0 Å². The minimum Gasteiger partial charge on any atom is -0.390 e. The average Bonchev–Trinajstić information content (AvgIpc) is 3.15. The van der Waals surface area contributed by atoms with Crippen molar-refractivity contribution in [2.45, 2.75) is 105 Å². The monoisotopic (exact) mass is 748 g/mol. The molecule has 5 aromatic rings. The molecule has 9 nitrogen and oxygen atoms in total. The number of imide groups is 2. The zero-order valence-electron chi connectivity index (χ0n) is 33.9. The number of methoxy groups -OCH3 is 1. The van der Waals surface area contributed by atoms with Crippen molar-refractivity contribution in [3.8, 4) is 0 Å². The smallest absolute Gasteiger partial charge is 0.261 e. The predicted octanol–water partition coefficient (Wildman–Crippen LogP) is 9.39. The number of aliphatic hydroxyl groups excluding tert-OH is 1. The summed E-state index contributed by atoms with van der Waals surface area (Å²) >= 11 is 0. The highest BCUT2D eigenvalue weighted by Gasteiger charge is 2.39. The summed E-state index contributed by atoms with van der Waals surface area (Å²) in [7, 11) is 1.62. The summed E-state index contributed by atoms with van der Waals surface area (Å²) in [6.07, 6.45) is 4.35. The van der Waals surface area contributed by atoms with Gasteiger partial charge in [0, 0.05) is 52.7 Å². The Labute approximate surface area is 324 Å². The second kappa shape index (κ2) is 16.0. The van der Waals surface area contributed by atoms with Crippen LogP contribution in [0.2, 0.25) is 0 Å². The normalized spacial score (nSPS) is 16.2. The van der Waals surface area contributed by atoms with Crippen molar-refractivity contribution < 1.29 is 33.8 Å². The molecule has 0 saturated carbocycles. The van der Waals surface area contributed by atoms with Crippen LogP contribution in [0.25, 0.3) is 43.1 Å². The quantitative estimate of drug-likeness (QED) is 0.0521. The highest BCUT2D eigenvalue weighted by molar-refractivity contribution is 6.41. The molecule has 0 bridgehead atoms. The third kappa shape index (κ3) is 7.11. The van der Waals surface area contributed by atoms with E-state index in [9.17, 15) is 24.3 Å². The molecule has 2 aliphatic rings. The molecule has 0 spiro atoms. The van der Waals surface area contributed by atoms with E-state index in [2.05, 4.69) is 27.7 Å². The van der Waals surface area contributed by atoms with Crippen LogP contribution in [0.3, 0.4) is 0 Å². The molecule has 0 fully saturated rings. The van der Waals surface area contributed by atoms with Crippen molar-refractivity contribution in [1.29, 1.82) is 0 Å². The standard InChI is InChI=1S/C38H38N2O4.C8H18O3/c1-6-8-9-22(7-2)19-39-35(41)27-14-10-23-25-12-16-29-34-30(38(44)40(37(29)43)21(5)18-20(3)4)17-13-26(32(25)34)24-11-15-28(36(39)42)33(27)31(23)24;1-7(9)8(2,3)11-6-5-10-4/h10-17,20-22H,6-9,18-19H2,1-5H3;7,9H,5-6H2,1-4H3. The number of carbonyl (C=O) groups excluding carboxylic acids is 4. The van der Waals surface area contributed by atoms with E-state index in [0.717, 1.165) is 64.4 Å². The molecule has 3 unspecified atom stereocenters. The molecule has 4 amide bonds. The predicted molar refractivity (Wildman–Crippen MR) is 219 cm³/mol. The van der Waals surface area contributed by atoms with Gasteiger partial charge in [-0.1, -0.05) is 71.2 Å². The summed E-state index contributed by atoms with van der Waals surface area (Å²) in [5.74, 6) is -0.348. The van der Waals surface area contributed by atoms with Gasteiger partial charge in [0.15, 0.2) is 0 Å². The molecule has 5 aromatic carbocycles. The molecular formula is C46H56N2O7. The summed E-state index contributed by atoms with van der Waals surface area (Å²) in [6.45, 7) is 17.4. The van der Waals surface area contributed by atoms with E-state index in [1.807, 2.05) is 69.3 Å². The fourth-order valence-electron chi connectivity index (χ4n) is 8.37. The molecule has 0 radical (unpaired) electrons. The van der Waals surface area contributed by atoms with Crippen molar-refractivity contribution in [3.05, 3.63) is 70.8 Å². The fraction of sp³-hybridized carbons (Fsp3) is 0.478. The molecule has 9 heteroatoms. The van der Waals surface area contributed by atoms with Gasteiger partial charge in [0.1, 0.15) is 0 Å². The molecule has 55 heavy (non-hydrogen) atoms. The van der Waals surface area contributed by atoms with Crippen LogP contribution in [0.5, 0.6) is 0 Å². The first-order valence-corrected chi connectivity index (χ1v) is 19.9. The largest absolute Gasteiger partial charge is 0.390 e. The third-order valence-electron chi connectivity index (χ3n) is 11.8. The Morgan fingerprint density at radius 3 is 1.51 bits per heavy atom. The SMILES string of the molecule is CCCCC(CC)CN1C(=O)c2ccc3c4ccc5c6c(ccc(c7ccc(c2c37)C1=O)c64)C(=O)N(C(C)CC(C)C)C5=O.COCCOC(C)(C)C(C)O. The first-order chi connectivity index (χ1) is 26.2. The summed E-state index contributed by atoms with van der Waals surface area (Å²) in [4.78, 5) is 58.3. The highest BCUT2D eigenvalue weighted by atomic mass is 16.5. The number of benzene rings is 5. The minimum atomic E-state index is -0.474. The van der Waals surface area contributed by atoms with E-state index in [1.54, 1.807) is 14.0 Å². The lowest BCUT2D eigenvalue weighted by Crippen LogP contribution is -2.46. The number of unbranched alkanes of at least 4 members (excludes halogenated alkanes) is 1. The number of hydrogen-bond donors (Lipinski definition) is 1. The van der Waals surface area contributed by atoms with Crippen molar-refractivity contribution >= 4 is 66.7 Å². The van der Waals surface area contributed by atoms with E-state index < -0.39 is 11.7 Å². The number of hydrogen-bond acceptors (Lipinski definition) is 7. The summed E-state index contributed by atoms with van der Waals surface area (Å²) in [5.41, 5.74) is 1.72. The first kappa shape index (κ1) is 40.2. The number of fused-ring (bicyclic) bond motifs is 2. The van der Waals surface area contributed by atoms with Gasteiger partial charge in [-0.2, -0.15) is 0 Å². The fourth-order valence-corrected chi connectivity index (χ4v) is 8.37. The zero-order valence-corrected chi connectivity index (χ0v) is 33.9. The molecule has 2 heterocycles. The van der Waals surface area contributed by atoms with E-state index in [1.165, 1.54) is 9.80 Å². The van der Waals surface area contributed by atoms with E-state index in [0.29, 0.717) is 58.7 Å². The third-order valence-corrected chi connectivity index (χ3v) is 11.8. The zero-order chi connectivity index (χ0) is 39.9. The average molecular weight is 749 g/mol. The first-order valence-electron chi connectivity index (χ1n) is 19.9. The second-order valence-electron chi connectivity index (χ2n) is 16.4. The molecule has 7 rings (SSSR count). The summed E-state index contributed by atoms with van der Waals surface area (Å²) in [5, 5.41) is 16.0. The lowest BCUT2D eigenvalue weighted by molar-refractivity contribution is -0.103. The molecule has 0 aliphatic carbocycles. The van der Waals surface area contributed by atoms with Crippen LogP contribution >= 0.6 is 0 Å². The Balaban J connectivity index is 0.000000409. The van der Waals surface area contributed by atoms with Gasteiger partial charge < -0.3 is 14.6 Å². The molecule has 3 atom stereocenters. The molecule has 1 N–H and O–H groups in total. The topological polar surface area (TPSA) is 113 Å². The van der Waals surface area contributed by atoms with Gasteiger partial charge in [-0.05, 0) is 109 Å². The van der Waals surface area contributed by atoms with Crippen LogP contribution in [0.4, 0.5) is 0 Å². The minimum absolute atomic E-state index is 0.212. The molecule has 0 aromatic heterocycles. The Kier molecular flexibility index (Phi) is 11.7. The maximum Gasteiger partial charge on any atom is 0.261 e. The van der Waals surface area contributed by atoms with Crippen molar-refractivity contribution in [3.63, 3.8) is 0 Å².